The van der Waals surface area contributed by atoms with Crippen LogP contribution in [0.15, 0.2) is 28.8 Å². The van der Waals surface area contributed by atoms with E-state index in [9.17, 15) is 0 Å². The van der Waals surface area contributed by atoms with Crippen LogP contribution in [0.2, 0.25) is 0 Å². The molecule has 1 aromatic rings. The van der Waals surface area contributed by atoms with E-state index < -0.39 is 0 Å². The number of nitrogens with one attached hydrogen (secondary N) is 1. The van der Waals surface area contributed by atoms with Crippen LogP contribution in [-0.4, -0.2) is 31.6 Å². The molecule has 3 rings (SSSR count). The summed E-state index contributed by atoms with van der Waals surface area (Å²) in [6.45, 7) is 4.04. The molecule has 0 fully saturated rings. The van der Waals surface area contributed by atoms with Crippen LogP contribution in [0.3, 0.4) is 0 Å². The van der Waals surface area contributed by atoms with E-state index in [2.05, 4.69) is 17.9 Å². The van der Waals surface area contributed by atoms with Gasteiger partial charge in [0.15, 0.2) is 0 Å². The van der Waals surface area contributed by atoms with Crippen molar-refractivity contribution in [3.63, 3.8) is 0 Å². The predicted octanol–water partition coefficient (Wildman–Crippen LogP) is 3.26. The first-order valence-corrected chi connectivity index (χ1v) is 6.79. The normalized spacial score (nSPS) is 20.4. The summed E-state index contributed by atoms with van der Waals surface area (Å²) in [5.41, 5.74) is 5.76. The molecule has 1 aliphatic carbocycles. The number of nitrogens with zero attached hydrogens (tertiary/aromatic N) is 2. The molecule has 0 spiro atoms. The Labute approximate surface area is 119 Å². The first-order valence-electron chi connectivity index (χ1n) is 6.79. The Morgan fingerprint density at radius 2 is 2.05 bits per heavy atom. The van der Waals surface area contributed by atoms with Crippen molar-refractivity contribution >= 4 is 22.8 Å². The highest BCUT2D eigenvalue weighted by Crippen LogP contribution is 2.39. The van der Waals surface area contributed by atoms with Crippen LogP contribution in [0.4, 0.5) is 11.4 Å². The lowest BCUT2D eigenvalue weighted by atomic mass is 9.93. The largest absolute Gasteiger partial charge is 0.481 e. The van der Waals surface area contributed by atoms with Crippen LogP contribution in [0.25, 0.3) is 0 Å². The quantitative estimate of drug-likeness (QED) is 0.850. The monoisotopic (exact) mass is 269 g/mol. The number of hydrogen-bond acceptors (Lipinski definition) is 4. The molecule has 1 atom stereocenters. The molecule has 4 nitrogen and oxygen atoms in total. The highest BCUT2D eigenvalue weighted by Gasteiger charge is 2.29. The number of fused-ring (bicyclic) bond motifs is 2. The summed E-state index contributed by atoms with van der Waals surface area (Å²) in [5, 5.41) is 7.93. The zero-order valence-electron chi connectivity index (χ0n) is 12.3. The Kier molecular flexibility index (Phi) is 2.89. The standard InChI is InChI=1S/C16H19N3O/c1-9-5-12-15(7-11(9)17)20-16-8-14(19(3)4)10(2)6-13(16)18-12/h5-6,8,15,17H,7H2,1-4H3. The molecule has 0 amide bonds. The fourth-order valence-electron chi connectivity index (χ4n) is 2.68. The fraction of sp³-hybridized carbons (Fsp3) is 0.375. The van der Waals surface area contributed by atoms with Crippen LogP contribution in [0, 0.1) is 12.3 Å². The van der Waals surface area contributed by atoms with E-state index >= 15 is 0 Å². The van der Waals surface area contributed by atoms with Gasteiger partial charge in [0.2, 0.25) is 0 Å². The van der Waals surface area contributed by atoms with Gasteiger partial charge in [0.1, 0.15) is 17.5 Å². The van der Waals surface area contributed by atoms with Crippen molar-refractivity contribution in [2.75, 3.05) is 19.0 Å². The Balaban J connectivity index is 2.09. The van der Waals surface area contributed by atoms with Crippen molar-refractivity contribution in [1.82, 2.24) is 0 Å². The molecule has 0 saturated carbocycles. The summed E-state index contributed by atoms with van der Waals surface area (Å²) in [6.07, 6.45) is 2.46. The van der Waals surface area contributed by atoms with Crippen LogP contribution in [0.5, 0.6) is 5.75 Å². The Hall–Kier alpha value is -2.10. The maximum atomic E-state index is 7.93. The third-order valence-electron chi connectivity index (χ3n) is 3.84. The van der Waals surface area contributed by atoms with Crippen molar-refractivity contribution in [1.29, 1.82) is 5.41 Å². The minimum atomic E-state index is -0.114. The first-order chi connectivity index (χ1) is 9.45. The summed E-state index contributed by atoms with van der Waals surface area (Å²) in [7, 11) is 4.04. The molecule has 4 heteroatoms. The number of allylic oxidation sites excluding steroid dienone is 1. The van der Waals surface area contributed by atoms with Crippen molar-refractivity contribution in [3.8, 4) is 5.75 Å². The Morgan fingerprint density at radius 3 is 2.75 bits per heavy atom. The van der Waals surface area contributed by atoms with Gasteiger partial charge in [-0.2, -0.15) is 0 Å². The third-order valence-corrected chi connectivity index (χ3v) is 3.84. The molecule has 104 valence electrons. The van der Waals surface area contributed by atoms with Gasteiger partial charge in [-0.1, -0.05) is 0 Å². The SMILES string of the molecule is CC1=CC2=Nc3cc(C)c(N(C)C)cc3OC2CC1=N. The van der Waals surface area contributed by atoms with Gasteiger partial charge in [0.25, 0.3) is 0 Å². The van der Waals surface area contributed by atoms with E-state index in [1.54, 1.807) is 0 Å². The van der Waals surface area contributed by atoms with Crippen molar-refractivity contribution in [2.45, 2.75) is 26.4 Å². The average molecular weight is 269 g/mol. The van der Waals surface area contributed by atoms with Gasteiger partial charge in [0.05, 0.1) is 5.71 Å². The van der Waals surface area contributed by atoms with E-state index in [1.807, 2.05) is 33.2 Å². The molecule has 1 N–H and O–H groups in total. The molecule has 0 bridgehead atoms. The number of aliphatic imine (C=N–C) groups is 1. The smallest absolute Gasteiger partial charge is 0.148 e. The summed E-state index contributed by atoms with van der Waals surface area (Å²) in [4.78, 5) is 6.79. The highest BCUT2D eigenvalue weighted by molar-refractivity contribution is 6.14. The molecule has 1 heterocycles. The van der Waals surface area contributed by atoms with E-state index in [0.717, 1.165) is 28.4 Å². The second-order valence-corrected chi connectivity index (χ2v) is 5.65. The molecule has 0 aromatic heterocycles. The van der Waals surface area contributed by atoms with Gasteiger partial charge < -0.3 is 15.0 Å². The molecule has 1 aliphatic heterocycles. The summed E-state index contributed by atoms with van der Waals surface area (Å²) in [6, 6.07) is 4.11. The average Bonchev–Trinajstić information content (AvgIpc) is 2.37. The van der Waals surface area contributed by atoms with Gasteiger partial charge in [-0.3, -0.25) is 0 Å². The number of hydrogen-bond donors (Lipinski definition) is 1. The number of benzene rings is 1. The van der Waals surface area contributed by atoms with E-state index in [1.165, 1.54) is 5.56 Å². The lowest BCUT2D eigenvalue weighted by molar-refractivity contribution is 0.271. The van der Waals surface area contributed by atoms with Crippen LogP contribution in [-0.2, 0) is 0 Å². The summed E-state index contributed by atoms with van der Waals surface area (Å²) < 4.78 is 6.06. The third kappa shape index (κ3) is 2.01. The van der Waals surface area contributed by atoms with Gasteiger partial charge >= 0.3 is 0 Å². The topological polar surface area (TPSA) is 48.7 Å². The van der Waals surface area contributed by atoms with Gasteiger partial charge in [-0.05, 0) is 37.1 Å². The van der Waals surface area contributed by atoms with Crippen molar-refractivity contribution in [3.05, 3.63) is 29.3 Å². The lowest BCUT2D eigenvalue weighted by Crippen LogP contribution is -2.34. The minimum Gasteiger partial charge on any atom is -0.481 e. The maximum absolute atomic E-state index is 7.93. The fourth-order valence-corrected chi connectivity index (χ4v) is 2.68. The molecular weight excluding hydrogens is 250 g/mol. The van der Waals surface area contributed by atoms with Gasteiger partial charge in [-0.25, -0.2) is 4.99 Å². The van der Waals surface area contributed by atoms with E-state index in [4.69, 9.17) is 15.1 Å². The number of rotatable bonds is 1. The molecule has 20 heavy (non-hydrogen) atoms. The molecule has 0 saturated heterocycles. The second-order valence-electron chi connectivity index (χ2n) is 5.65. The number of anilines is 1. The first kappa shape index (κ1) is 12.9. The minimum absolute atomic E-state index is 0.114. The zero-order chi connectivity index (χ0) is 14.4. The van der Waals surface area contributed by atoms with Crippen LogP contribution < -0.4 is 9.64 Å². The maximum Gasteiger partial charge on any atom is 0.148 e. The lowest BCUT2D eigenvalue weighted by Gasteiger charge is -2.29. The van der Waals surface area contributed by atoms with Gasteiger partial charge in [-0.15, -0.1) is 0 Å². The van der Waals surface area contributed by atoms with Crippen LogP contribution >= 0.6 is 0 Å². The van der Waals surface area contributed by atoms with E-state index in [0.29, 0.717) is 12.1 Å². The summed E-state index contributed by atoms with van der Waals surface area (Å²) in [5.74, 6) is 0.814. The molecule has 1 unspecified atom stereocenters. The van der Waals surface area contributed by atoms with Crippen LogP contribution in [0.1, 0.15) is 18.9 Å². The molecule has 1 aromatic carbocycles. The van der Waals surface area contributed by atoms with Crippen molar-refractivity contribution in [2.24, 2.45) is 4.99 Å². The second kappa shape index (κ2) is 4.47. The zero-order valence-corrected chi connectivity index (χ0v) is 12.3. The number of aryl methyl sites for hydroxylation is 1. The van der Waals surface area contributed by atoms with E-state index in [-0.39, 0.29) is 6.10 Å². The van der Waals surface area contributed by atoms with Crippen molar-refractivity contribution < 1.29 is 4.74 Å². The molecule has 2 aliphatic rings. The number of ether oxygens (including phenoxy) is 1. The predicted molar refractivity (Wildman–Crippen MR) is 83.1 cm³/mol. The summed E-state index contributed by atoms with van der Waals surface area (Å²) >= 11 is 0. The Morgan fingerprint density at radius 1 is 1.30 bits per heavy atom. The highest BCUT2D eigenvalue weighted by atomic mass is 16.5. The molecular formula is C16H19N3O. The Bertz CT molecular complexity index is 656. The van der Waals surface area contributed by atoms with Gasteiger partial charge in [0, 0.05) is 38.0 Å². The molecule has 0 radical (unpaired) electrons.